The maximum Gasteiger partial charge on any atom is 0.148 e. The smallest absolute Gasteiger partial charge is 0.148 e. The molecule has 1 aromatic carbocycles. The minimum atomic E-state index is -0.289. The van der Waals surface area contributed by atoms with Gasteiger partial charge >= 0.3 is 0 Å². The van der Waals surface area contributed by atoms with Gasteiger partial charge < -0.3 is 0 Å². The van der Waals surface area contributed by atoms with Gasteiger partial charge in [0.2, 0.25) is 0 Å². The van der Waals surface area contributed by atoms with Crippen LogP contribution in [0.15, 0.2) is 30.5 Å². The van der Waals surface area contributed by atoms with Crippen LogP contribution in [-0.2, 0) is 0 Å². The highest BCUT2D eigenvalue weighted by molar-refractivity contribution is 6.19. The van der Waals surface area contributed by atoms with Crippen LogP contribution in [0.2, 0.25) is 0 Å². The number of benzene rings is 1. The standard InChI is InChI=1S/C8H5ClFN/c9-11-5-4-6-2-1-3-7(10)8(6)11/h1-5H. The molecule has 0 saturated heterocycles. The molecule has 0 saturated carbocycles. The lowest BCUT2D eigenvalue weighted by Crippen LogP contribution is -1.81. The first-order valence-corrected chi connectivity index (χ1v) is 3.54. The van der Waals surface area contributed by atoms with E-state index in [1.165, 1.54) is 10.2 Å². The third-order valence-corrected chi connectivity index (χ3v) is 1.90. The molecule has 0 aliphatic rings. The normalized spacial score (nSPS) is 10.7. The Labute approximate surface area is 68.1 Å². The van der Waals surface area contributed by atoms with Crippen LogP contribution in [0.25, 0.3) is 10.9 Å². The van der Waals surface area contributed by atoms with Gasteiger partial charge in [0.05, 0.1) is 0 Å². The molecule has 0 amide bonds. The molecule has 0 N–H and O–H groups in total. The number of hydrogen-bond acceptors (Lipinski definition) is 0. The number of para-hydroxylation sites is 1. The zero-order chi connectivity index (χ0) is 7.84. The monoisotopic (exact) mass is 169 g/mol. The summed E-state index contributed by atoms with van der Waals surface area (Å²) in [5.41, 5.74) is 0.439. The van der Waals surface area contributed by atoms with Crippen LogP contribution in [0.3, 0.4) is 0 Å². The Bertz CT molecular complexity index is 394. The van der Waals surface area contributed by atoms with E-state index in [0.717, 1.165) is 5.39 Å². The first-order valence-electron chi connectivity index (χ1n) is 3.21. The number of aromatic nitrogens is 1. The van der Waals surface area contributed by atoms with E-state index in [0.29, 0.717) is 5.52 Å². The van der Waals surface area contributed by atoms with Crippen molar-refractivity contribution in [1.29, 1.82) is 0 Å². The third-order valence-electron chi connectivity index (χ3n) is 1.62. The number of halogens is 2. The van der Waals surface area contributed by atoms with Crippen LogP contribution < -0.4 is 0 Å². The predicted molar refractivity (Wildman–Crippen MR) is 43.1 cm³/mol. The van der Waals surface area contributed by atoms with Crippen LogP contribution >= 0.6 is 11.8 Å². The van der Waals surface area contributed by atoms with Crippen molar-refractivity contribution in [3.05, 3.63) is 36.3 Å². The second kappa shape index (κ2) is 2.24. The highest BCUT2D eigenvalue weighted by Gasteiger charge is 2.02. The van der Waals surface area contributed by atoms with E-state index in [1.54, 1.807) is 18.3 Å². The molecule has 0 radical (unpaired) electrons. The molecule has 0 aliphatic carbocycles. The van der Waals surface area contributed by atoms with E-state index in [4.69, 9.17) is 11.8 Å². The number of fused-ring (bicyclic) bond motifs is 1. The second-order valence-electron chi connectivity index (χ2n) is 2.30. The largest absolute Gasteiger partial charge is 0.257 e. The van der Waals surface area contributed by atoms with E-state index < -0.39 is 0 Å². The molecule has 0 unspecified atom stereocenters. The average molecular weight is 170 g/mol. The van der Waals surface area contributed by atoms with E-state index in [9.17, 15) is 4.39 Å². The van der Waals surface area contributed by atoms with Crippen molar-refractivity contribution in [2.75, 3.05) is 0 Å². The summed E-state index contributed by atoms with van der Waals surface area (Å²) in [6, 6.07) is 6.64. The van der Waals surface area contributed by atoms with Crippen LogP contribution in [0.4, 0.5) is 4.39 Å². The molecular weight excluding hydrogens is 165 g/mol. The zero-order valence-electron chi connectivity index (χ0n) is 5.59. The lowest BCUT2D eigenvalue weighted by Gasteiger charge is -1.93. The van der Waals surface area contributed by atoms with Crippen molar-refractivity contribution in [1.82, 2.24) is 4.09 Å². The van der Waals surface area contributed by atoms with Crippen LogP contribution in [0.5, 0.6) is 0 Å². The summed E-state index contributed by atoms with van der Waals surface area (Å²) in [5.74, 6) is -0.289. The van der Waals surface area contributed by atoms with Crippen molar-refractivity contribution < 1.29 is 4.39 Å². The van der Waals surface area contributed by atoms with Gasteiger partial charge in [-0.25, -0.2) is 4.39 Å². The van der Waals surface area contributed by atoms with Crippen molar-refractivity contribution >= 4 is 22.7 Å². The van der Waals surface area contributed by atoms with Crippen molar-refractivity contribution in [3.63, 3.8) is 0 Å². The van der Waals surface area contributed by atoms with Crippen molar-refractivity contribution in [2.24, 2.45) is 0 Å². The molecule has 1 nitrogen and oxygen atoms in total. The van der Waals surface area contributed by atoms with Gasteiger partial charge in [0, 0.05) is 23.4 Å². The Balaban J connectivity index is 2.96. The Morgan fingerprint density at radius 3 is 2.82 bits per heavy atom. The first kappa shape index (κ1) is 6.68. The van der Waals surface area contributed by atoms with Gasteiger partial charge in [-0.1, -0.05) is 12.1 Å². The first-order chi connectivity index (χ1) is 5.29. The topological polar surface area (TPSA) is 4.93 Å². The van der Waals surface area contributed by atoms with Gasteiger partial charge in [-0.05, 0) is 12.1 Å². The van der Waals surface area contributed by atoms with Crippen molar-refractivity contribution in [2.45, 2.75) is 0 Å². The van der Waals surface area contributed by atoms with Crippen molar-refractivity contribution in [3.8, 4) is 0 Å². The van der Waals surface area contributed by atoms with Gasteiger partial charge in [-0.2, -0.15) is 0 Å². The SMILES string of the molecule is Fc1cccc2ccn(Cl)c12. The quantitative estimate of drug-likeness (QED) is 0.572. The van der Waals surface area contributed by atoms with Crippen LogP contribution in [-0.4, -0.2) is 4.09 Å². The number of rotatable bonds is 0. The highest BCUT2D eigenvalue weighted by Crippen LogP contribution is 2.19. The van der Waals surface area contributed by atoms with E-state index >= 15 is 0 Å². The maximum absolute atomic E-state index is 13.0. The predicted octanol–water partition coefficient (Wildman–Crippen LogP) is 2.78. The summed E-state index contributed by atoms with van der Waals surface area (Å²) in [5, 5.41) is 0.819. The molecule has 11 heavy (non-hydrogen) atoms. The molecule has 2 aromatic rings. The minimum Gasteiger partial charge on any atom is -0.257 e. The van der Waals surface area contributed by atoms with E-state index in [1.807, 2.05) is 6.07 Å². The fraction of sp³-hybridized carbons (Fsp3) is 0. The van der Waals surface area contributed by atoms with E-state index in [2.05, 4.69) is 0 Å². The molecular formula is C8H5ClFN. The molecule has 0 aliphatic heterocycles. The molecule has 1 heterocycles. The Morgan fingerprint density at radius 2 is 2.09 bits per heavy atom. The Kier molecular flexibility index (Phi) is 1.36. The number of nitrogens with zero attached hydrogens (tertiary/aromatic N) is 1. The Morgan fingerprint density at radius 1 is 1.27 bits per heavy atom. The van der Waals surface area contributed by atoms with Gasteiger partial charge in [0.1, 0.15) is 11.3 Å². The molecule has 2 rings (SSSR count). The average Bonchev–Trinajstić information content (AvgIpc) is 2.34. The minimum absolute atomic E-state index is 0.289. The third kappa shape index (κ3) is 0.906. The Hall–Kier alpha value is -1.02. The van der Waals surface area contributed by atoms with E-state index in [-0.39, 0.29) is 5.82 Å². The molecule has 0 bridgehead atoms. The fourth-order valence-corrected chi connectivity index (χ4v) is 1.35. The molecule has 56 valence electrons. The van der Waals surface area contributed by atoms with Gasteiger partial charge in [0.15, 0.2) is 0 Å². The maximum atomic E-state index is 13.0. The lowest BCUT2D eigenvalue weighted by atomic mass is 10.2. The van der Waals surface area contributed by atoms with Gasteiger partial charge in [-0.3, -0.25) is 4.09 Å². The summed E-state index contributed by atoms with van der Waals surface area (Å²) in [6.45, 7) is 0. The molecule has 0 fully saturated rings. The highest BCUT2D eigenvalue weighted by atomic mass is 35.5. The summed E-state index contributed by atoms with van der Waals surface area (Å²) in [6.07, 6.45) is 1.62. The molecule has 0 spiro atoms. The lowest BCUT2D eigenvalue weighted by molar-refractivity contribution is 0.636. The summed E-state index contributed by atoms with van der Waals surface area (Å²) >= 11 is 5.65. The second-order valence-corrected chi connectivity index (χ2v) is 2.67. The van der Waals surface area contributed by atoms with Crippen LogP contribution in [0.1, 0.15) is 0 Å². The summed E-state index contributed by atoms with van der Waals surface area (Å²) in [7, 11) is 0. The molecule has 3 heteroatoms. The zero-order valence-corrected chi connectivity index (χ0v) is 6.35. The van der Waals surface area contributed by atoms with Gasteiger partial charge in [0.25, 0.3) is 0 Å². The summed E-state index contributed by atoms with van der Waals surface area (Å²) < 4.78 is 14.2. The number of hydrogen-bond donors (Lipinski definition) is 0. The molecule has 1 aromatic heterocycles. The van der Waals surface area contributed by atoms with Crippen LogP contribution in [0, 0.1) is 5.82 Å². The molecule has 0 atom stereocenters. The fourth-order valence-electron chi connectivity index (χ4n) is 1.11. The van der Waals surface area contributed by atoms with Gasteiger partial charge in [-0.15, -0.1) is 0 Å². The summed E-state index contributed by atoms with van der Waals surface area (Å²) in [4.78, 5) is 0.